The third-order valence-corrected chi connectivity index (χ3v) is 4.63. The van der Waals surface area contributed by atoms with Crippen molar-refractivity contribution in [3.8, 4) is 0 Å². The number of hydrogen-bond donors (Lipinski definition) is 0. The van der Waals surface area contributed by atoms with Gasteiger partial charge >= 0.3 is 36.2 Å². The first kappa shape index (κ1) is 21.2. The molecule has 0 spiro atoms. The lowest BCUT2D eigenvalue weighted by atomic mass is 9.91. The molecule has 164 valence electrons. The number of carbonyl (C=O) groups excluding carboxylic acids is 5. The number of hydrogen-bond acceptors (Lipinski definition) is 7. The Bertz CT molecular complexity index is 1190. The molecule has 0 N–H and O–H groups in total. The summed E-state index contributed by atoms with van der Waals surface area (Å²) in [6.07, 6.45) is -10.5. The van der Waals surface area contributed by atoms with Gasteiger partial charge in [0.05, 0.1) is 33.4 Å². The summed E-state index contributed by atoms with van der Waals surface area (Å²) in [5.41, 5.74) is -9.32. The number of esters is 4. The van der Waals surface area contributed by atoms with Gasteiger partial charge in [0, 0.05) is 11.1 Å². The average Bonchev–Trinajstić information content (AvgIpc) is 3.13. The molecule has 2 aromatic carbocycles. The molecular weight excluding hydrogens is 454 g/mol. The van der Waals surface area contributed by atoms with Crippen molar-refractivity contribution in [1.82, 2.24) is 0 Å². The van der Waals surface area contributed by atoms with Crippen LogP contribution in [0, 0.1) is 0 Å². The molecule has 0 fully saturated rings. The van der Waals surface area contributed by atoms with Crippen LogP contribution >= 0.6 is 0 Å². The molecule has 4 rings (SSSR count). The molecule has 32 heavy (non-hydrogen) atoms. The molecule has 0 aromatic heterocycles. The number of benzene rings is 2. The monoisotopic (exact) mass is 458 g/mol. The van der Waals surface area contributed by atoms with Gasteiger partial charge in [-0.3, -0.25) is 4.79 Å². The highest BCUT2D eigenvalue weighted by molar-refractivity contribution is 6.20. The van der Waals surface area contributed by atoms with E-state index < -0.39 is 86.5 Å². The minimum atomic E-state index is -5.23. The Morgan fingerprint density at radius 3 is 1.25 bits per heavy atom. The number of cyclic esters (lactones) is 4. The molecule has 0 radical (unpaired) electrons. The van der Waals surface area contributed by atoms with Crippen LogP contribution in [0.2, 0.25) is 0 Å². The van der Waals surface area contributed by atoms with Gasteiger partial charge in [-0.2, -0.15) is 26.3 Å². The number of halogens is 6. The fraction of sp³-hybridized carbons (Fsp3) is 0.105. The van der Waals surface area contributed by atoms with Crippen LogP contribution in [0.4, 0.5) is 26.3 Å². The second kappa shape index (κ2) is 6.48. The Morgan fingerprint density at radius 2 is 0.938 bits per heavy atom. The Kier molecular flexibility index (Phi) is 4.30. The van der Waals surface area contributed by atoms with Gasteiger partial charge in [-0.15, -0.1) is 0 Å². The van der Waals surface area contributed by atoms with E-state index in [0.717, 1.165) is 0 Å². The fourth-order valence-electron chi connectivity index (χ4n) is 3.30. The summed E-state index contributed by atoms with van der Waals surface area (Å²) < 4.78 is 88.7. The highest BCUT2D eigenvalue weighted by atomic mass is 19.4. The molecule has 2 aliphatic rings. The summed E-state index contributed by atoms with van der Waals surface area (Å²) in [5, 5.41) is 0. The van der Waals surface area contributed by atoms with Crippen molar-refractivity contribution < 1.29 is 59.8 Å². The van der Waals surface area contributed by atoms with E-state index in [1.807, 2.05) is 0 Å². The first-order chi connectivity index (χ1) is 14.7. The van der Waals surface area contributed by atoms with E-state index >= 15 is 0 Å². The minimum absolute atomic E-state index is 0.172. The Balaban J connectivity index is 1.94. The Labute approximate surface area is 171 Å². The standard InChI is InChI=1S/C19H4F6O7/c20-18(21,22)9-3-5(1-7-11(9)16(29)31-14(7)27)13(26)6-2-8-12(17(30)32-15(8)28)10(4-6)19(23,24)25/h1-4H. The maximum atomic E-state index is 13.4. The lowest BCUT2D eigenvalue weighted by Gasteiger charge is -2.13. The first-order valence-electron chi connectivity index (χ1n) is 8.28. The molecule has 0 saturated heterocycles. The number of alkyl halides is 6. The smallest absolute Gasteiger partial charge is 0.386 e. The summed E-state index contributed by atoms with van der Waals surface area (Å²) in [5.74, 6) is -7.62. The Hall–Kier alpha value is -4.03. The molecule has 2 aliphatic heterocycles. The lowest BCUT2D eigenvalue weighted by Crippen LogP contribution is -2.16. The molecule has 2 heterocycles. The summed E-state index contributed by atoms with van der Waals surface area (Å²) in [7, 11) is 0. The molecule has 0 bridgehead atoms. The highest BCUT2D eigenvalue weighted by Gasteiger charge is 2.45. The van der Waals surface area contributed by atoms with E-state index in [0.29, 0.717) is 12.1 Å². The maximum Gasteiger partial charge on any atom is 0.417 e. The summed E-state index contributed by atoms with van der Waals surface area (Å²) in [6, 6.07) is 1.46. The number of ketones is 1. The van der Waals surface area contributed by atoms with Crippen molar-refractivity contribution in [2.75, 3.05) is 0 Å². The SMILES string of the molecule is O=C(c1cc2c(c(C(F)(F)F)c1)C(=O)OC2=O)c1cc2c(c(C(F)(F)F)c1)C(=O)OC2=O. The second-order valence-electron chi connectivity index (χ2n) is 6.57. The van der Waals surface area contributed by atoms with Gasteiger partial charge in [0.2, 0.25) is 0 Å². The van der Waals surface area contributed by atoms with Crippen molar-refractivity contribution >= 4 is 29.7 Å². The molecule has 0 saturated carbocycles. The van der Waals surface area contributed by atoms with Crippen molar-refractivity contribution in [1.29, 1.82) is 0 Å². The van der Waals surface area contributed by atoms with E-state index in [-0.39, 0.29) is 12.1 Å². The zero-order valence-electron chi connectivity index (χ0n) is 14.9. The van der Waals surface area contributed by atoms with Crippen LogP contribution in [-0.2, 0) is 21.8 Å². The van der Waals surface area contributed by atoms with E-state index in [4.69, 9.17) is 0 Å². The first-order valence-corrected chi connectivity index (χ1v) is 8.28. The van der Waals surface area contributed by atoms with Crippen molar-refractivity contribution in [3.63, 3.8) is 0 Å². The van der Waals surface area contributed by atoms with E-state index in [2.05, 4.69) is 9.47 Å². The van der Waals surface area contributed by atoms with Crippen molar-refractivity contribution in [2.24, 2.45) is 0 Å². The van der Waals surface area contributed by atoms with Crippen LogP contribution in [0.3, 0.4) is 0 Å². The average molecular weight is 458 g/mol. The molecular formula is C19H4F6O7. The molecule has 0 aliphatic carbocycles. The third kappa shape index (κ3) is 3.13. The van der Waals surface area contributed by atoms with Crippen molar-refractivity contribution in [2.45, 2.75) is 12.4 Å². The zero-order chi connectivity index (χ0) is 23.7. The molecule has 0 amide bonds. The van der Waals surface area contributed by atoms with Gasteiger partial charge in [0.25, 0.3) is 0 Å². The predicted molar refractivity (Wildman–Crippen MR) is 85.8 cm³/mol. The highest BCUT2D eigenvalue weighted by Crippen LogP contribution is 2.40. The predicted octanol–water partition coefficient (Wildman–Crippen LogP) is 3.58. The maximum absolute atomic E-state index is 13.4. The zero-order valence-corrected chi connectivity index (χ0v) is 14.9. The number of ether oxygens (including phenoxy) is 2. The summed E-state index contributed by atoms with van der Waals surface area (Å²) in [4.78, 5) is 59.4. The van der Waals surface area contributed by atoms with Gasteiger partial charge in [-0.05, 0) is 24.3 Å². The molecule has 13 heteroatoms. The quantitative estimate of drug-likeness (QED) is 0.293. The van der Waals surface area contributed by atoms with Gasteiger partial charge in [0.15, 0.2) is 5.78 Å². The number of fused-ring (bicyclic) bond motifs is 2. The normalized spacial score (nSPS) is 15.4. The largest absolute Gasteiger partial charge is 0.417 e. The lowest BCUT2D eigenvalue weighted by molar-refractivity contribution is -0.138. The summed E-state index contributed by atoms with van der Waals surface area (Å²) >= 11 is 0. The van der Waals surface area contributed by atoms with Gasteiger partial charge in [-0.1, -0.05) is 0 Å². The van der Waals surface area contributed by atoms with Gasteiger partial charge in [0.1, 0.15) is 0 Å². The second-order valence-corrected chi connectivity index (χ2v) is 6.57. The molecule has 0 unspecified atom stereocenters. The van der Waals surface area contributed by atoms with Crippen LogP contribution in [0.25, 0.3) is 0 Å². The topological polar surface area (TPSA) is 104 Å². The van der Waals surface area contributed by atoms with Crippen LogP contribution in [0.15, 0.2) is 24.3 Å². The fourth-order valence-corrected chi connectivity index (χ4v) is 3.30. The van der Waals surface area contributed by atoms with Crippen molar-refractivity contribution in [3.05, 3.63) is 68.8 Å². The van der Waals surface area contributed by atoms with Crippen LogP contribution < -0.4 is 0 Å². The minimum Gasteiger partial charge on any atom is -0.386 e. The molecule has 0 atom stereocenters. The van der Waals surface area contributed by atoms with Crippen LogP contribution in [0.1, 0.15) is 68.5 Å². The van der Waals surface area contributed by atoms with Gasteiger partial charge < -0.3 is 9.47 Å². The third-order valence-electron chi connectivity index (χ3n) is 4.63. The van der Waals surface area contributed by atoms with E-state index in [1.54, 1.807) is 0 Å². The summed E-state index contributed by atoms with van der Waals surface area (Å²) in [6.45, 7) is 0. The Morgan fingerprint density at radius 1 is 0.594 bits per heavy atom. The van der Waals surface area contributed by atoms with Crippen LogP contribution in [0.5, 0.6) is 0 Å². The molecule has 2 aromatic rings. The number of rotatable bonds is 2. The van der Waals surface area contributed by atoms with Crippen LogP contribution in [-0.4, -0.2) is 29.7 Å². The van der Waals surface area contributed by atoms with E-state index in [1.165, 1.54) is 0 Å². The van der Waals surface area contributed by atoms with E-state index in [9.17, 15) is 50.3 Å². The molecule has 7 nitrogen and oxygen atoms in total. The number of carbonyl (C=O) groups is 5. The van der Waals surface area contributed by atoms with Gasteiger partial charge in [-0.25, -0.2) is 19.2 Å².